The Labute approximate surface area is 76.1 Å². The lowest BCUT2D eigenvalue weighted by Crippen LogP contribution is -2.23. The van der Waals surface area contributed by atoms with Crippen molar-refractivity contribution in [2.75, 3.05) is 0 Å². The predicted molar refractivity (Wildman–Crippen MR) is 52.0 cm³/mol. The second-order valence-electron chi connectivity index (χ2n) is 4.31. The van der Waals surface area contributed by atoms with Crippen molar-refractivity contribution in [1.82, 2.24) is 0 Å². The highest BCUT2D eigenvalue weighted by atomic mass is 35.5. The van der Waals surface area contributed by atoms with E-state index in [2.05, 4.69) is 20.8 Å². The monoisotopic (exact) mass is 177 g/mol. The van der Waals surface area contributed by atoms with Crippen molar-refractivity contribution in [2.45, 2.75) is 46.1 Å². The van der Waals surface area contributed by atoms with E-state index >= 15 is 0 Å². The van der Waals surface area contributed by atoms with Gasteiger partial charge in [-0.1, -0.05) is 20.8 Å². The van der Waals surface area contributed by atoms with Crippen LogP contribution in [0, 0.1) is 11.3 Å². The first-order chi connectivity index (χ1) is 4.54. The van der Waals surface area contributed by atoms with Crippen LogP contribution in [-0.2, 0) is 0 Å². The molecule has 0 radical (unpaired) electrons. The van der Waals surface area contributed by atoms with Crippen molar-refractivity contribution < 1.29 is 0 Å². The molecule has 1 saturated carbocycles. The van der Waals surface area contributed by atoms with Crippen molar-refractivity contribution in [3.05, 3.63) is 0 Å². The van der Waals surface area contributed by atoms with Crippen molar-refractivity contribution in [3.63, 3.8) is 0 Å². The lowest BCUT2D eigenvalue weighted by Gasteiger charge is -2.28. The molecule has 0 spiro atoms. The van der Waals surface area contributed by atoms with E-state index in [0.29, 0.717) is 11.5 Å². The molecule has 0 aromatic heterocycles. The van der Waals surface area contributed by atoms with Crippen molar-refractivity contribution in [1.29, 1.82) is 0 Å². The molecule has 0 aromatic carbocycles. The van der Waals surface area contributed by atoms with Gasteiger partial charge in [-0.2, -0.15) is 0 Å². The van der Waals surface area contributed by atoms with Crippen LogP contribution in [0.2, 0.25) is 0 Å². The molecule has 2 unspecified atom stereocenters. The molecular weight excluding hydrogens is 158 g/mol. The Balaban J connectivity index is 0.000001000. The number of hydrogen-bond donors (Lipinski definition) is 1. The number of rotatable bonds is 1. The number of hydrogen-bond acceptors (Lipinski definition) is 1. The molecule has 1 aliphatic rings. The van der Waals surface area contributed by atoms with Crippen LogP contribution in [0.25, 0.3) is 0 Å². The van der Waals surface area contributed by atoms with Gasteiger partial charge in [-0.05, 0) is 30.6 Å². The molecule has 1 fully saturated rings. The predicted octanol–water partition coefficient (Wildman–Crippen LogP) is 2.58. The van der Waals surface area contributed by atoms with Crippen molar-refractivity contribution in [3.8, 4) is 0 Å². The van der Waals surface area contributed by atoms with E-state index in [1.807, 2.05) is 0 Å². The average molecular weight is 178 g/mol. The summed E-state index contributed by atoms with van der Waals surface area (Å²) in [6.07, 6.45) is 3.78. The molecule has 1 rings (SSSR count). The molecule has 2 heteroatoms. The normalized spacial score (nSPS) is 37.4. The highest BCUT2D eigenvalue weighted by Gasteiger charge is 2.35. The third kappa shape index (κ3) is 2.34. The van der Waals surface area contributed by atoms with E-state index in [1.165, 1.54) is 19.3 Å². The largest absolute Gasteiger partial charge is 0.328 e. The van der Waals surface area contributed by atoms with E-state index < -0.39 is 0 Å². The summed E-state index contributed by atoms with van der Waals surface area (Å²) in [6, 6.07) is 0.479. The summed E-state index contributed by atoms with van der Waals surface area (Å²) in [5.74, 6) is 0.793. The Morgan fingerprint density at radius 3 is 2.18 bits per heavy atom. The van der Waals surface area contributed by atoms with Gasteiger partial charge in [0.1, 0.15) is 0 Å². The second kappa shape index (κ2) is 3.77. The highest BCUT2D eigenvalue weighted by Crippen LogP contribution is 2.42. The Morgan fingerprint density at radius 2 is 2.00 bits per heavy atom. The lowest BCUT2D eigenvalue weighted by molar-refractivity contribution is 0.225. The second-order valence-corrected chi connectivity index (χ2v) is 4.31. The minimum Gasteiger partial charge on any atom is -0.328 e. The third-order valence-electron chi connectivity index (χ3n) is 3.21. The van der Waals surface area contributed by atoms with Gasteiger partial charge >= 0.3 is 0 Å². The zero-order valence-electron chi connectivity index (χ0n) is 7.76. The first-order valence-electron chi connectivity index (χ1n) is 4.30. The van der Waals surface area contributed by atoms with E-state index in [-0.39, 0.29) is 12.4 Å². The Kier molecular flexibility index (Phi) is 3.86. The Morgan fingerprint density at radius 1 is 1.45 bits per heavy atom. The highest BCUT2D eigenvalue weighted by molar-refractivity contribution is 5.85. The quantitative estimate of drug-likeness (QED) is 0.655. The summed E-state index contributed by atoms with van der Waals surface area (Å²) in [5, 5.41) is 0. The minimum absolute atomic E-state index is 0. The van der Waals surface area contributed by atoms with E-state index in [1.54, 1.807) is 0 Å². The fourth-order valence-electron chi connectivity index (χ4n) is 1.84. The molecule has 0 saturated heterocycles. The Bertz CT molecular complexity index is 125. The van der Waals surface area contributed by atoms with Gasteiger partial charge in [0.15, 0.2) is 0 Å². The molecule has 1 nitrogen and oxygen atoms in total. The lowest BCUT2D eigenvalue weighted by atomic mass is 9.78. The molecule has 68 valence electrons. The first-order valence-corrected chi connectivity index (χ1v) is 4.30. The van der Waals surface area contributed by atoms with Crippen LogP contribution in [0.4, 0.5) is 0 Å². The molecule has 2 atom stereocenters. The van der Waals surface area contributed by atoms with Gasteiger partial charge in [-0.25, -0.2) is 0 Å². The molecule has 0 bridgehead atoms. The molecule has 0 heterocycles. The van der Waals surface area contributed by atoms with Crippen molar-refractivity contribution >= 4 is 12.4 Å². The summed E-state index contributed by atoms with van der Waals surface area (Å²) >= 11 is 0. The smallest absolute Gasteiger partial charge is 0.00443 e. The minimum atomic E-state index is 0. The third-order valence-corrected chi connectivity index (χ3v) is 3.21. The first kappa shape index (κ1) is 11.2. The van der Waals surface area contributed by atoms with Crippen LogP contribution in [0.5, 0.6) is 0 Å². The summed E-state index contributed by atoms with van der Waals surface area (Å²) < 4.78 is 0. The van der Waals surface area contributed by atoms with Gasteiger partial charge in [0.05, 0.1) is 0 Å². The van der Waals surface area contributed by atoms with Crippen LogP contribution < -0.4 is 5.73 Å². The van der Waals surface area contributed by atoms with Crippen LogP contribution in [-0.4, -0.2) is 6.04 Å². The molecule has 0 aromatic rings. The molecule has 2 N–H and O–H groups in total. The molecule has 0 amide bonds. The van der Waals surface area contributed by atoms with E-state index in [0.717, 1.165) is 5.92 Å². The van der Waals surface area contributed by atoms with Crippen LogP contribution in [0.3, 0.4) is 0 Å². The maximum Gasteiger partial charge on any atom is 0.00443 e. The molecular formula is C9H20ClN. The Hall–Kier alpha value is 0.250. The molecule has 11 heavy (non-hydrogen) atoms. The number of nitrogens with two attached hydrogens (primary N) is 1. The topological polar surface area (TPSA) is 26.0 Å². The van der Waals surface area contributed by atoms with Gasteiger partial charge < -0.3 is 5.73 Å². The summed E-state index contributed by atoms with van der Waals surface area (Å²) in [6.45, 7) is 6.97. The maximum atomic E-state index is 5.85. The van der Waals surface area contributed by atoms with Crippen LogP contribution in [0.1, 0.15) is 40.0 Å². The zero-order chi connectivity index (χ0) is 7.78. The summed E-state index contributed by atoms with van der Waals surface area (Å²) in [5.41, 5.74) is 6.39. The van der Waals surface area contributed by atoms with Gasteiger partial charge in [0.25, 0.3) is 0 Å². The van der Waals surface area contributed by atoms with E-state index in [4.69, 9.17) is 5.73 Å². The maximum absolute atomic E-state index is 5.85. The van der Waals surface area contributed by atoms with Crippen LogP contribution in [0.15, 0.2) is 0 Å². The molecule has 1 aliphatic carbocycles. The fraction of sp³-hybridized carbons (Fsp3) is 1.00. The van der Waals surface area contributed by atoms with Gasteiger partial charge in [-0.15, -0.1) is 12.4 Å². The average Bonchev–Trinajstić information content (AvgIpc) is 2.13. The van der Waals surface area contributed by atoms with Crippen molar-refractivity contribution in [2.24, 2.45) is 17.1 Å². The summed E-state index contributed by atoms with van der Waals surface area (Å²) in [4.78, 5) is 0. The SMILES string of the molecule is CC(C)C1(C)CCC(N)C1.Cl. The fourth-order valence-corrected chi connectivity index (χ4v) is 1.84. The molecule has 0 aliphatic heterocycles. The zero-order valence-corrected chi connectivity index (χ0v) is 8.58. The summed E-state index contributed by atoms with van der Waals surface area (Å²) in [7, 11) is 0. The number of halogens is 1. The van der Waals surface area contributed by atoms with Crippen LogP contribution >= 0.6 is 12.4 Å². The van der Waals surface area contributed by atoms with Gasteiger partial charge in [0, 0.05) is 6.04 Å². The van der Waals surface area contributed by atoms with Gasteiger partial charge in [0.2, 0.25) is 0 Å². The van der Waals surface area contributed by atoms with Gasteiger partial charge in [-0.3, -0.25) is 0 Å². The van der Waals surface area contributed by atoms with E-state index in [9.17, 15) is 0 Å². The standard InChI is InChI=1S/C9H19N.ClH/c1-7(2)9(3)5-4-8(10)6-9;/h7-8H,4-6,10H2,1-3H3;1H.